The molecule has 0 saturated carbocycles. The lowest BCUT2D eigenvalue weighted by molar-refractivity contribution is 0.102. The lowest BCUT2D eigenvalue weighted by Gasteiger charge is -2.12. The highest BCUT2D eigenvalue weighted by Crippen LogP contribution is 2.29. The van der Waals surface area contributed by atoms with Crippen molar-refractivity contribution in [1.29, 1.82) is 0 Å². The smallest absolute Gasteiger partial charge is 0.264 e. The summed E-state index contributed by atoms with van der Waals surface area (Å²) in [6, 6.07) is 11.3. The topological polar surface area (TPSA) is 85.4 Å². The maximum atomic E-state index is 13.7. The van der Waals surface area contributed by atoms with Crippen molar-refractivity contribution in [2.45, 2.75) is 0 Å². The normalized spacial score (nSPS) is 10.3. The van der Waals surface area contributed by atoms with E-state index in [1.165, 1.54) is 32.4 Å². The van der Waals surface area contributed by atoms with Crippen LogP contribution in [0.4, 0.5) is 26.1 Å². The number of nitrogens with one attached hydrogen (secondary N) is 2. The Hall–Kier alpha value is -3.75. The van der Waals surface area contributed by atoms with Gasteiger partial charge < -0.3 is 20.1 Å². The van der Waals surface area contributed by atoms with Crippen molar-refractivity contribution in [2.24, 2.45) is 0 Å². The van der Waals surface area contributed by atoms with Crippen LogP contribution in [0.5, 0.6) is 11.5 Å². The van der Waals surface area contributed by atoms with Crippen LogP contribution in [0.1, 0.15) is 10.4 Å². The summed E-state index contributed by atoms with van der Waals surface area (Å²) in [4.78, 5) is 12.6. The molecule has 3 rings (SSSR count). The Bertz CT molecular complexity index is 954. The fourth-order valence-corrected chi connectivity index (χ4v) is 2.46. The van der Waals surface area contributed by atoms with Gasteiger partial charge in [-0.1, -0.05) is 12.1 Å². The van der Waals surface area contributed by atoms with E-state index in [1.807, 2.05) is 0 Å². The fraction of sp³-hybridized carbons (Fsp3) is 0.105. The Morgan fingerprint density at radius 3 is 1.93 bits per heavy atom. The Morgan fingerprint density at radius 2 is 1.39 bits per heavy atom. The maximum absolute atomic E-state index is 13.7. The van der Waals surface area contributed by atoms with Crippen molar-refractivity contribution in [3.63, 3.8) is 0 Å². The van der Waals surface area contributed by atoms with Crippen molar-refractivity contribution in [3.8, 4) is 11.5 Å². The van der Waals surface area contributed by atoms with Gasteiger partial charge in [0.15, 0.2) is 11.6 Å². The maximum Gasteiger partial charge on any atom is 0.264 e. The number of rotatable bonds is 6. The zero-order valence-electron chi connectivity index (χ0n) is 15.0. The van der Waals surface area contributed by atoms with Crippen molar-refractivity contribution < 1.29 is 23.0 Å². The minimum Gasteiger partial charge on any atom is -0.496 e. The molecular weight excluding hydrogens is 370 g/mol. The molecule has 1 heterocycles. The molecular formula is C19H16F2N4O3. The monoisotopic (exact) mass is 386 g/mol. The van der Waals surface area contributed by atoms with Crippen molar-refractivity contribution in [3.05, 3.63) is 65.7 Å². The second-order valence-electron chi connectivity index (χ2n) is 5.52. The predicted octanol–water partition coefficient (Wildman–Crippen LogP) is 3.77. The molecule has 7 nitrogen and oxygen atoms in total. The van der Waals surface area contributed by atoms with E-state index >= 15 is 0 Å². The minimum absolute atomic E-state index is 0.108. The molecule has 0 bridgehead atoms. The van der Waals surface area contributed by atoms with E-state index < -0.39 is 17.5 Å². The standard InChI is InChI=1S/C19H16F2N4O3/c1-27-13-7-4-8-14(28-2)17(13)19(26)23-16-10-9-15(24-25-16)22-18-11(20)5-3-6-12(18)21/h3-10H,1-2H3,(H,22,24)(H,23,25,26). The van der Waals surface area contributed by atoms with Crippen LogP contribution in [0.3, 0.4) is 0 Å². The van der Waals surface area contributed by atoms with Gasteiger partial charge in [-0.15, -0.1) is 10.2 Å². The first-order valence-corrected chi connectivity index (χ1v) is 8.10. The summed E-state index contributed by atoms with van der Waals surface area (Å²) in [7, 11) is 2.88. The molecule has 0 aliphatic carbocycles. The van der Waals surface area contributed by atoms with Crippen LogP contribution in [-0.4, -0.2) is 30.3 Å². The number of carbonyl (C=O) groups excluding carboxylic acids is 1. The van der Waals surface area contributed by atoms with Gasteiger partial charge in [-0.2, -0.15) is 0 Å². The summed E-state index contributed by atoms with van der Waals surface area (Å²) in [5.74, 6) is -1.13. The Morgan fingerprint density at radius 1 is 0.857 bits per heavy atom. The van der Waals surface area contributed by atoms with E-state index in [4.69, 9.17) is 9.47 Å². The number of carbonyl (C=O) groups is 1. The third kappa shape index (κ3) is 3.98. The summed E-state index contributed by atoms with van der Waals surface area (Å²) in [6.07, 6.45) is 0. The largest absolute Gasteiger partial charge is 0.496 e. The van der Waals surface area contributed by atoms with E-state index in [1.54, 1.807) is 18.2 Å². The molecule has 0 atom stereocenters. The molecule has 3 aromatic rings. The summed E-state index contributed by atoms with van der Waals surface area (Å²) in [5, 5.41) is 12.7. The van der Waals surface area contributed by atoms with Gasteiger partial charge in [0.25, 0.3) is 5.91 Å². The first kappa shape index (κ1) is 19.0. The summed E-state index contributed by atoms with van der Waals surface area (Å²) >= 11 is 0. The van der Waals surface area contributed by atoms with Crippen molar-refractivity contribution >= 4 is 23.2 Å². The lowest BCUT2D eigenvalue weighted by atomic mass is 10.1. The summed E-state index contributed by atoms with van der Waals surface area (Å²) in [6.45, 7) is 0. The van der Waals surface area contributed by atoms with Crippen LogP contribution < -0.4 is 20.1 Å². The third-order valence-electron chi connectivity index (χ3n) is 3.78. The van der Waals surface area contributed by atoms with Gasteiger partial charge in [-0.05, 0) is 36.4 Å². The predicted molar refractivity (Wildman–Crippen MR) is 99.2 cm³/mol. The van der Waals surface area contributed by atoms with Gasteiger partial charge in [0, 0.05) is 0 Å². The quantitative estimate of drug-likeness (QED) is 0.671. The average Bonchev–Trinajstić information content (AvgIpc) is 2.71. The van der Waals surface area contributed by atoms with Crippen LogP contribution in [0.2, 0.25) is 0 Å². The average molecular weight is 386 g/mol. The highest BCUT2D eigenvalue weighted by molar-refractivity contribution is 6.07. The molecule has 0 spiro atoms. The molecule has 0 unspecified atom stereocenters. The highest BCUT2D eigenvalue weighted by atomic mass is 19.1. The van der Waals surface area contributed by atoms with E-state index in [9.17, 15) is 13.6 Å². The second kappa shape index (κ2) is 8.30. The molecule has 1 amide bonds. The fourth-order valence-electron chi connectivity index (χ4n) is 2.46. The molecule has 0 radical (unpaired) electrons. The van der Waals surface area contributed by atoms with Crippen LogP contribution in [0.25, 0.3) is 0 Å². The molecule has 0 fully saturated rings. The molecule has 0 aliphatic rings. The second-order valence-corrected chi connectivity index (χ2v) is 5.52. The van der Waals surface area contributed by atoms with E-state index in [0.717, 1.165) is 12.1 Å². The zero-order valence-corrected chi connectivity index (χ0v) is 15.0. The van der Waals surface area contributed by atoms with Gasteiger partial charge in [-0.3, -0.25) is 4.79 Å². The number of nitrogens with zero attached hydrogens (tertiary/aromatic N) is 2. The number of ether oxygens (including phenoxy) is 2. The zero-order chi connectivity index (χ0) is 20.1. The third-order valence-corrected chi connectivity index (χ3v) is 3.78. The van der Waals surface area contributed by atoms with Crippen molar-refractivity contribution in [1.82, 2.24) is 10.2 Å². The van der Waals surface area contributed by atoms with E-state index in [0.29, 0.717) is 11.5 Å². The molecule has 28 heavy (non-hydrogen) atoms. The SMILES string of the molecule is COc1cccc(OC)c1C(=O)Nc1ccc(Nc2c(F)cccc2F)nn1. The van der Waals surface area contributed by atoms with Crippen molar-refractivity contribution in [2.75, 3.05) is 24.9 Å². The Kier molecular flexibility index (Phi) is 5.64. The number of halogens is 2. The number of hydrogen-bond donors (Lipinski definition) is 2. The van der Waals surface area contributed by atoms with Gasteiger partial charge in [0.1, 0.15) is 34.4 Å². The van der Waals surface area contributed by atoms with E-state index in [-0.39, 0.29) is 22.9 Å². The van der Waals surface area contributed by atoms with Crippen LogP contribution in [0, 0.1) is 11.6 Å². The van der Waals surface area contributed by atoms with Gasteiger partial charge in [0.05, 0.1) is 14.2 Å². The van der Waals surface area contributed by atoms with Crippen LogP contribution in [-0.2, 0) is 0 Å². The number of para-hydroxylation sites is 1. The molecule has 1 aromatic heterocycles. The first-order valence-electron chi connectivity index (χ1n) is 8.10. The lowest BCUT2D eigenvalue weighted by Crippen LogP contribution is -2.16. The Balaban J connectivity index is 1.77. The van der Waals surface area contributed by atoms with Gasteiger partial charge in [-0.25, -0.2) is 8.78 Å². The molecule has 0 saturated heterocycles. The summed E-state index contributed by atoms with van der Waals surface area (Å²) < 4.78 is 37.8. The first-order chi connectivity index (χ1) is 13.5. The summed E-state index contributed by atoms with van der Waals surface area (Å²) in [5.41, 5.74) is -0.141. The Labute approximate surface area is 159 Å². The van der Waals surface area contributed by atoms with Crippen LogP contribution >= 0.6 is 0 Å². The van der Waals surface area contributed by atoms with E-state index in [2.05, 4.69) is 20.8 Å². The highest BCUT2D eigenvalue weighted by Gasteiger charge is 2.19. The number of anilines is 3. The number of aromatic nitrogens is 2. The number of methoxy groups -OCH3 is 2. The number of amides is 1. The number of hydrogen-bond acceptors (Lipinski definition) is 6. The molecule has 0 aliphatic heterocycles. The van der Waals surface area contributed by atoms with Gasteiger partial charge >= 0.3 is 0 Å². The van der Waals surface area contributed by atoms with Crippen LogP contribution in [0.15, 0.2) is 48.5 Å². The molecule has 9 heteroatoms. The van der Waals surface area contributed by atoms with Gasteiger partial charge in [0.2, 0.25) is 0 Å². The minimum atomic E-state index is -0.762. The molecule has 144 valence electrons. The molecule has 2 aromatic carbocycles. The number of benzene rings is 2. The molecule has 2 N–H and O–H groups in total.